The molecule has 2 bridgehead atoms. The maximum atomic E-state index is 13.3. The zero-order valence-electron chi connectivity index (χ0n) is 15.9. The first-order chi connectivity index (χ1) is 12.3. The summed E-state index contributed by atoms with van der Waals surface area (Å²) in [6, 6.07) is 0. The smallest absolute Gasteiger partial charge is 0.320 e. The van der Waals surface area contributed by atoms with Crippen LogP contribution in [0.2, 0.25) is 0 Å². The summed E-state index contributed by atoms with van der Waals surface area (Å²) in [5.74, 6) is -1.20. The molecule has 1 heterocycles. The van der Waals surface area contributed by atoms with Gasteiger partial charge in [0.05, 0.1) is 20.3 Å². The third-order valence-corrected chi connectivity index (χ3v) is 6.90. The summed E-state index contributed by atoms with van der Waals surface area (Å²) in [4.78, 5) is 26.2. The van der Waals surface area contributed by atoms with E-state index in [0.29, 0.717) is 38.9 Å². The molecule has 0 unspecified atom stereocenters. The number of hydrogen-bond acceptors (Lipinski definition) is 5. The molecule has 0 amide bonds. The van der Waals surface area contributed by atoms with Crippen LogP contribution < -0.4 is 0 Å². The van der Waals surface area contributed by atoms with Gasteiger partial charge in [-0.05, 0) is 24.7 Å². The number of hydrogen-bond donors (Lipinski definition) is 0. The lowest BCUT2D eigenvalue weighted by Crippen LogP contribution is -2.49. The Kier molecular flexibility index (Phi) is 3.98. The summed E-state index contributed by atoms with van der Waals surface area (Å²) < 4.78 is 17.6. The molecule has 26 heavy (non-hydrogen) atoms. The standard InChI is InChI=1S/C21H28O5/c1-5-13-6-7-14-15-9-20(25-11-19(2,3)12-26-20)10-16(15)21(8-13,17(14)22)18(23)24-4/h5-6,14-16H,1,7-12H2,2-4H3/t14-,15-,16-,21-/m0/s1. The molecule has 4 rings (SSSR count). The zero-order chi connectivity index (χ0) is 18.7. The molecule has 1 spiro atoms. The van der Waals surface area contributed by atoms with Gasteiger partial charge in [0.15, 0.2) is 11.6 Å². The van der Waals surface area contributed by atoms with Crippen molar-refractivity contribution in [3.05, 3.63) is 24.3 Å². The van der Waals surface area contributed by atoms with Crippen LogP contribution in [0.1, 0.15) is 39.5 Å². The second-order valence-electron chi connectivity index (χ2n) is 9.16. The van der Waals surface area contributed by atoms with Crippen molar-refractivity contribution in [2.75, 3.05) is 20.3 Å². The van der Waals surface area contributed by atoms with Gasteiger partial charge in [-0.1, -0.05) is 38.2 Å². The molecule has 142 valence electrons. The summed E-state index contributed by atoms with van der Waals surface area (Å²) in [6.07, 6.45) is 6.11. The van der Waals surface area contributed by atoms with Crippen molar-refractivity contribution in [3.63, 3.8) is 0 Å². The second-order valence-corrected chi connectivity index (χ2v) is 9.16. The van der Waals surface area contributed by atoms with Crippen molar-refractivity contribution in [1.82, 2.24) is 0 Å². The number of ether oxygens (including phenoxy) is 3. The summed E-state index contributed by atoms with van der Waals surface area (Å²) >= 11 is 0. The summed E-state index contributed by atoms with van der Waals surface area (Å²) in [7, 11) is 1.37. The minimum atomic E-state index is -1.12. The quantitative estimate of drug-likeness (QED) is 0.559. The van der Waals surface area contributed by atoms with Crippen LogP contribution in [0, 0.1) is 28.6 Å². The van der Waals surface area contributed by atoms with E-state index in [-0.39, 0.29) is 29.0 Å². The lowest BCUT2D eigenvalue weighted by molar-refractivity contribution is -0.298. The van der Waals surface area contributed by atoms with Crippen LogP contribution >= 0.6 is 0 Å². The molecule has 0 N–H and O–H groups in total. The molecule has 5 heteroatoms. The molecule has 0 aromatic rings. The molecule has 1 saturated heterocycles. The first-order valence-electron chi connectivity index (χ1n) is 9.49. The van der Waals surface area contributed by atoms with E-state index in [0.717, 1.165) is 5.57 Å². The third kappa shape index (κ3) is 2.36. The van der Waals surface area contributed by atoms with Crippen LogP contribution in [-0.4, -0.2) is 37.9 Å². The Balaban J connectivity index is 1.71. The predicted molar refractivity (Wildman–Crippen MR) is 95.1 cm³/mol. The highest BCUT2D eigenvalue weighted by Gasteiger charge is 2.70. The van der Waals surface area contributed by atoms with Crippen LogP contribution in [0.5, 0.6) is 0 Å². The fraction of sp³-hybridized carbons (Fsp3) is 0.714. The molecule has 5 nitrogen and oxygen atoms in total. The highest BCUT2D eigenvalue weighted by molar-refractivity contribution is 6.08. The van der Waals surface area contributed by atoms with Crippen LogP contribution in [0.25, 0.3) is 0 Å². The monoisotopic (exact) mass is 360 g/mol. The molecular formula is C21H28O5. The van der Waals surface area contributed by atoms with Gasteiger partial charge in [0.1, 0.15) is 5.41 Å². The minimum absolute atomic E-state index is 0.0108. The Labute approximate surface area is 154 Å². The molecule has 2 saturated carbocycles. The molecule has 1 aliphatic heterocycles. The van der Waals surface area contributed by atoms with Gasteiger partial charge < -0.3 is 14.2 Å². The van der Waals surface area contributed by atoms with E-state index in [2.05, 4.69) is 26.5 Å². The van der Waals surface area contributed by atoms with Crippen LogP contribution in [-0.2, 0) is 23.8 Å². The molecular weight excluding hydrogens is 332 g/mol. The SMILES string of the molecule is C=CC1=CC[C@@H]2C(=O)[C@](C(=O)OC)(C1)[C@H]1CC3(C[C@@H]21)OCC(C)(C)CO3. The predicted octanol–water partition coefficient (Wildman–Crippen LogP) is 3.05. The molecule has 0 radical (unpaired) electrons. The van der Waals surface area contributed by atoms with Gasteiger partial charge in [0, 0.05) is 24.2 Å². The number of allylic oxidation sites excluding steroid dienone is 3. The normalized spacial score (nSPS) is 39.9. The molecule has 4 aliphatic rings. The van der Waals surface area contributed by atoms with E-state index >= 15 is 0 Å². The van der Waals surface area contributed by atoms with Crippen molar-refractivity contribution < 1.29 is 23.8 Å². The van der Waals surface area contributed by atoms with Crippen LogP contribution in [0.4, 0.5) is 0 Å². The van der Waals surface area contributed by atoms with E-state index < -0.39 is 17.2 Å². The molecule has 4 atom stereocenters. The lowest BCUT2D eigenvalue weighted by Gasteiger charge is -2.42. The van der Waals surface area contributed by atoms with E-state index in [1.165, 1.54) is 7.11 Å². The van der Waals surface area contributed by atoms with Gasteiger partial charge in [-0.3, -0.25) is 9.59 Å². The largest absolute Gasteiger partial charge is 0.468 e. The maximum absolute atomic E-state index is 13.3. The van der Waals surface area contributed by atoms with E-state index in [1.807, 2.05) is 0 Å². The number of esters is 1. The number of fused-ring (bicyclic) bond motifs is 5. The lowest BCUT2D eigenvalue weighted by atomic mass is 9.71. The molecule has 0 aromatic heterocycles. The summed E-state index contributed by atoms with van der Waals surface area (Å²) in [6.45, 7) is 9.36. The van der Waals surface area contributed by atoms with E-state index in [1.54, 1.807) is 6.08 Å². The Morgan fingerprint density at radius 1 is 1.31 bits per heavy atom. The fourth-order valence-electron chi connectivity index (χ4n) is 5.55. The van der Waals surface area contributed by atoms with Crippen LogP contribution in [0.3, 0.4) is 0 Å². The zero-order valence-corrected chi connectivity index (χ0v) is 15.9. The first-order valence-corrected chi connectivity index (χ1v) is 9.49. The summed E-state index contributed by atoms with van der Waals surface area (Å²) in [5, 5.41) is 0. The van der Waals surface area contributed by atoms with E-state index in [4.69, 9.17) is 14.2 Å². The number of rotatable bonds is 2. The first kappa shape index (κ1) is 17.9. The Bertz CT molecular complexity index is 681. The highest BCUT2D eigenvalue weighted by atomic mass is 16.7. The number of carbonyl (C=O) groups excluding carboxylic acids is 2. The van der Waals surface area contributed by atoms with Gasteiger partial charge in [0.2, 0.25) is 0 Å². The minimum Gasteiger partial charge on any atom is -0.468 e. The molecule has 3 fully saturated rings. The van der Waals surface area contributed by atoms with Crippen molar-refractivity contribution >= 4 is 11.8 Å². The maximum Gasteiger partial charge on any atom is 0.320 e. The number of ketones is 1. The van der Waals surface area contributed by atoms with Gasteiger partial charge in [0.25, 0.3) is 0 Å². The Hall–Kier alpha value is -1.46. The molecule has 3 aliphatic carbocycles. The number of methoxy groups -OCH3 is 1. The number of carbonyl (C=O) groups is 2. The van der Waals surface area contributed by atoms with Crippen molar-refractivity contribution in [1.29, 1.82) is 0 Å². The van der Waals surface area contributed by atoms with Gasteiger partial charge in [-0.2, -0.15) is 0 Å². The molecule has 0 aromatic carbocycles. The van der Waals surface area contributed by atoms with Crippen molar-refractivity contribution in [3.8, 4) is 0 Å². The fourth-order valence-corrected chi connectivity index (χ4v) is 5.55. The highest BCUT2D eigenvalue weighted by Crippen LogP contribution is 2.64. The topological polar surface area (TPSA) is 61.8 Å². The van der Waals surface area contributed by atoms with Gasteiger partial charge in [-0.15, -0.1) is 0 Å². The van der Waals surface area contributed by atoms with Gasteiger partial charge >= 0.3 is 5.97 Å². The van der Waals surface area contributed by atoms with Crippen LogP contribution in [0.15, 0.2) is 24.3 Å². The van der Waals surface area contributed by atoms with Crippen molar-refractivity contribution in [2.24, 2.45) is 28.6 Å². The number of Topliss-reactive ketones (excluding diaryl/α,β-unsaturated/α-hetero) is 1. The second kappa shape index (κ2) is 5.77. The average molecular weight is 360 g/mol. The third-order valence-electron chi connectivity index (χ3n) is 6.90. The van der Waals surface area contributed by atoms with Crippen molar-refractivity contribution in [2.45, 2.75) is 45.3 Å². The Morgan fingerprint density at radius 3 is 2.62 bits per heavy atom. The van der Waals surface area contributed by atoms with Gasteiger partial charge in [-0.25, -0.2) is 0 Å². The summed E-state index contributed by atoms with van der Waals surface area (Å²) in [5.41, 5.74) is -0.176. The Morgan fingerprint density at radius 2 is 2.00 bits per heavy atom. The average Bonchev–Trinajstić information content (AvgIpc) is 3.01. The van der Waals surface area contributed by atoms with E-state index in [9.17, 15) is 9.59 Å².